The van der Waals surface area contributed by atoms with Crippen molar-refractivity contribution in [1.82, 2.24) is 24.5 Å². The van der Waals surface area contributed by atoms with Gasteiger partial charge in [-0.3, -0.25) is 9.08 Å². The number of nitrogens with one attached hydrogen (secondary N) is 1. The van der Waals surface area contributed by atoms with Crippen LogP contribution in [0.4, 0.5) is 0 Å². The molecule has 0 bridgehead atoms. The van der Waals surface area contributed by atoms with Gasteiger partial charge in [-0.1, -0.05) is 11.3 Å². The molecule has 0 aliphatic heterocycles. The Balaban J connectivity index is 1.39. The zero-order valence-electron chi connectivity index (χ0n) is 16.1. The highest BCUT2D eigenvalue weighted by molar-refractivity contribution is 7.20. The predicted octanol–water partition coefficient (Wildman–Crippen LogP) is 4.36. The second-order valence-electron chi connectivity index (χ2n) is 7.91. The van der Waals surface area contributed by atoms with E-state index in [1.165, 1.54) is 46.3 Å². The van der Waals surface area contributed by atoms with Crippen LogP contribution in [0.3, 0.4) is 0 Å². The van der Waals surface area contributed by atoms with E-state index in [4.69, 9.17) is 4.98 Å². The first-order valence-corrected chi connectivity index (χ1v) is 10.5. The smallest absolute Gasteiger partial charge is 0.194 e. The van der Waals surface area contributed by atoms with Gasteiger partial charge >= 0.3 is 0 Å². The number of benzene rings is 1. The molecule has 6 heteroatoms. The van der Waals surface area contributed by atoms with Gasteiger partial charge in [-0.25, -0.2) is 4.98 Å². The SMILES string of the molecule is CNCCC1CC(c2cn3cc(-c4cc(C)c5nn(C)cc5c4)sc3n2)C1. The van der Waals surface area contributed by atoms with E-state index in [1.807, 2.05) is 18.8 Å². The van der Waals surface area contributed by atoms with Crippen molar-refractivity contribution in [3.63, 3.8) is 0 Å². The van der Waals surface area contributed by atoms with Crippen LogP contribution in [-0.4, -0.2) is 32.8 Å². The van der Waals surface area contributed by atoms with Crippen LogP contribution < -0.4 is 5.32 Å². The molecule has 0 amide bonds. The number of nitrogens with zero attached hydrogens (tertiary/aromatic N) is 4. The average molecular weight is 380 g/mol. The number of hydrogen-bond acceptors (Lipinski definition) is 4. The lowest BCUT2D eigenvalue weighted by Crippen LogP contribution is -2.25. The van der Waals surface area contributed by atoms with Crippen molar-refractivity contribution in [3.05, 3.63) is 42.0 Å². The fourth-order valence-corrected chi connectivity index (χ4v) is 5.24. The molecule has 1 fully saturated rings. The summed E-state index contributed by atoms with van der Waals surface area (Å²) in [5.41, 5.74) is 4.83. The first-order valence-electron chi connectivity index (χ1n) is 9.68. The van der Waals surface area contributed by atoms with Crippen LogP contribution in [0.5, 0.6) is 0 Å². The minimum atomic E-state index is 0.649. The van der Waals surface area contributed by atoms with Crippen molar-refractivity contribution in [2.75, 3.05) is 13.6 Å². The van der Waals surface area contributed by atoms with Crippen molar-refractivity contribution in [2.24, 2.45) is 13.0 Å². The first-order chi connectivity index (χ1) is 13.1. The van der Waals surface area contributed by atoms with Gasteiger partial charge in [-0.15, -0.1) is 0 Å². The monoisotopic (exact) mass is 379 g/mol. The van der Waals surface area contributed by atoms with E-state index >= 15 is 0 Å². The lowest BCUT2D eigenvalue weighted by Gasteiger charge is -2.34. The minimum Gasteiger partial charge on any atom is -0.320 e. The van der Waals surface area contributed by atoms with Crippen LogP contribution in [-0.2, 0) is 7.05 Å². The van der Waals surface area contributed by atoms with E-state index < -0.39 is 0 Å². The van der Waals surface area contributed by atoms with Gasteiger partial charge < -0.3 is 5.32 Å². The Morgan fingerprint density at radius 1 is 1.22 bits per heavy atom. The Morgan fingerprint density at radius 3 is 2.85 bits per heavy atom. The van der Waals surface area contributed by atoms with E-state index in [0.29, 0.717) is 5.92 Å². The number of aromatic nitrogens is 4. The Labute approximate surface area is 163 Å². The lowest BCUT2D eigenvalue weighted by molar-refractivity contribution is 0.244. The molecule has 1 aliphatic carbocycles. The summed E-state index contributed by atoms with van der Waals surface area (Å²) in [6.07, 6.45) is 10.4. The lowest BCUT2D eigenvalue weighted by atomic mass is 9.72. The number of aryl methyl sites for hydroxylation is 2. The van der Waals surface area contributed by atoms with E-state index in [-0.39, 0.29) is 0 Å². The van der Waals surface area contributed by atoms with Crippen LogP contribution in [0.15, 0.2) is 30.7 Å². The van der Waals surface area contributed by atoms with Gasteiger partial charge in [-0.2, -0.15) is 5.10 Å². The quantitative estimate of drug-likeness (QED) is 0.560. The van der Waals surface area contributed by atoms with Gasteiger partial charge in [0, 0.05) is 36.9 Å². The third kappa shape index (κ3) is 2.97. The molecule has 4 aromatic rings. The molecule has 0 radical (unpaired) electrons. The number of thiazole rings is 1. The molecule has 3 heterocycles. The molecule has 0 saturated heterocycles. The zero-order chi connectivity index (χ0) is 18.5. The van der Waals surface area contributed by atoms with Gasteiger partial charge in [0.1, 0.15) is 0 Å². The molecule has 3 aromatic heterocycles. The summed E-state index contributed by atoms with van der Waals surface area (Å²) in [7, 11) is 4.01. The first kappa shape index (κ1) is 17.0. The standard InChI is InChI=1S/C21H25N5S/c1-13-6-16(9-17-10-25(3)24-20(13)17)19-12-26-11-18(23-21(26)27-19)15-7-14(8-15)4-5-22-2/h6,9-12,14-15,22H,4-5,7-8H2,1-3H3. The molecular weight excluding hydrogens is 354 g/mol. The summed E-state index contributed by atoms with van der Waals surface area (Å²) in [4.78, 5) is 7.30. The van der Waals surface area contributed by atoms with E-state index in [2.05, 4.69) is 52.5 Å². The third-order valence-electron chi connectivity index (χ3n) is 5.83. The minimum absolute atomic E-state index is 0.649. The van der Waals surface area contributed by atoms with Crippen LogP contribution in [0.25, 0.3) is 26.3 Å². The van der Waals surface area contributed by atoms with Crippen LogP contribution >= 0.6 is 11.3 Å². The summed E-state index contributed by atoms with van der Waals surface area (Å²) in [5.74, 6) is 1.52. The molecule has 0 atom stereocenters. The van der Waals surface area contributed by atoms with Gasteiger partial charge in [0.05, 0.1) is 16.1 Å². The summed E-state index contributed by atoms with van der Waals surface area (Å²) in [6.45, 7) is 3.26. The zero-order valence-corrected chi connectivity index (χ0v) is 16.9. The van der Waals surface area contributed by atoms with Crippen molar-refractivity contribution < 1.29 is 0 Å². The summed E-state index contributed by atoms with van der Waals surface area (Å²) < 4.78 is 4.09. The molecule has 27 heavy (non-hydrogen) atoms. The summed E-state index contributed by atoms with van der Waals surface area (Å²) in [5, 5.41) is 9.00. The Hall–Kier alpha value is -2.18. The summed E-state index contributed by atoms with van der Waals surface area (Å²) in [6, 6.07) is 4.47. The molecule has 5 rings (SSSR count). The van der Waals surface area contributed by atoms with Crippen LogP contribution in [0, 0.1) is 12.8 Å². The van der Waals surface area contributed by atoms with Crippen LogP contribution in [0.2, 0.25) is 0 Å². The van der Waals surface area contributed by atoms with Gasteiger partial charge in [-0.05, 0) is 69.0 Å². The Kier molecular flexibility index (Phi) is 4.06. The molecule has 0 unspecified atom stereocenters. The fourth-order valence-electron chi connectivity index (χ4n) is 4.28. The number of hydrogen-bond donors (Lipinski definition) is 1. The molecular formula is C21H25N5S. The van der Waals surface area contributed by atoms with Crippen molar-refractivity contribution >= 4 is 27.2 Å². The predicted molar refractivity (Wildman–Crippen MR) is 112 cm³/mol. The number of imidazole rings is 1. The van der Waals surface area contributed by atoms with Gasteiger partial charge in [0.25, 0.3) is 0 Å². The molecule has 1 N–H and O–H groups in total. The average Bonchev–Trinajstić information content (AvgIpc) is 3.25. The highest BCUT2D eigenvalue weighted by Gasteiger charge is 2.31. The molecule has 140 valence electrons. The Bertz CT molecular complexity index is 1080. The second kappa shape index (κ2) is 6.46. The third-order valence-corrected chi connectivity index (χ3v) is 6.87. The van der Waals surface area contributed by atoms with Crippen molar-refractivity contribution in [1.29, 1.82) is 0 Å². The molecule has 0 spiro atoms. The van der Waals surface area contributed by atoms with E-state index in [9.17, 15) is 0 Å². The highest BCUT2D eigenvalue weighted by atomic mass is 32.1. The van der Waals surface area contributed by atoms with Crippen molar-refractivity contribution in [2.45, 2.75) is 32.1 Å². The normalized spacial score (nSPS) is 19.8. The fraction of sp³-hybridized carbons (Fsp3) is 0.429. The molecule has 5 nitrogen and oxygen atoms in total. The molecule has 1 saturated carbocycles. The summed E-state index contributed by atoms with van der Waals surface area (Å²) >= 11 is 1.78. The number of fused-ring (bicyclic) bond motifs is 2. The highest BCUT2D eigenvalue weighted by Crippen LogP contribution is 2.43. The largest absolute Gasteiger partial charge is 0.320 e. The maximum Gasteiger partial charge on any atom is 0.194 e. The van der Waals surface area contributed by atoms with Crippen LogP contribution in [0.1, 0.15) is 36.4 Å². The molecule has 1 aliphatic rings. The maximum atomic E-state index is 4.93. The maximum absolute atomic E-state index is 4.93. The topological polar surface area (TPSA) is 47.1 Å². The van der Waals surface area contributed by atoms with Gasteiger partial charge in [0.15, 0.2) is 4.96 Å². The second-order valence-corrected chi connectivity index (χ2v) is 8.92. The Morgan fingerprint density at radius 2 is 2.07 bits per heavy atom. The molecule has 1 aromatic carbocycles. The van der Waals surface area contributed by atoms with Crippen molar-refractivity contribution in [3.8, 4) is 10.4 Å². The van der Waals surface area contributed by atoms with E-state index in [1.54, 1.807) is 11.3 Å². The van der Waals surface area contributed by atoms with Gasteiger partial charge in [0.2, 0.25) is 0 Å². The van der Waals surface area contributed by atoms with E-state index in [0.717, 1.165) is 22.9 Å². The number of rotatable bonds is 5.